The monoisotopic (exact) mass is 413 g/mol. The van der Waals surface area contributed by atoms with Crippen molar-refractivity contribution in [2.45, 2.75) is 13.5 Å². The van der Waals surface area contributed by atoms with Crippen LogP contribution in [-0.4, -0.2) is 13.7 Å². The molecule has 5 heteroatoms. The molecular formula is C16H17Br2NO2. The minimum Gasteiger partial charge on any atom is -0.495 e. The Hall–Kier alpha value is -1.20. The van der Waals surface area contributed by atoms with Gasteiger partial charge in [-0.25, -0.2) is 0 Å². The normalized spacial score (nSPS) is 10.3. The van der Waals surface area contributed by atoms with E-state index in [0.717, 1.165) is 31.7 Å². The molecule has 0 bridgehead atoms. The zero-order valence-electron chi connectivity index (χ0n) is 12.0. The van der Waals surface area contributed by atoms with Gasteiger partial charge in [0.15, 0.2) is 0 Å². The van der Waals surface area contributed by atoms with Crippen LogP contribution < -0.4 is 14.8 Å². The fraction of sp³-hybridized carbons (Fsp3) is 0.250. The van der Waals surface area contributed by atoms with Gasteiger partial charge in [-0.1, -0.05) is 15.9 Å². The van der Waals surface area contributed by atoms with Crippen LogP contribution in [0, 0.1) is 0 Å². The third-order valence-electron chi connectivity index (χ3n) is 2.94. The van der Waals surface area contributed by atoms with Crippen LogP contribution in [-0.2, 0) is 6.54 Å². The highest BCUT2D eigenvalue weighted by Gasteiger charge is 2.09. The molecule has 2 aromatic rings. The third kappa shape index (κ3) is 4.38. The maximum absolute atomic E-state index is 5.44. The van der Waals surface area contributed by atoms with Crippen molar-refractivity contribution in [3.8, 4) is 11.5 Å². The molecule has 0 saturated heterocycles. The van der Waals surface area contributed by atoms with Gasteiger partial charge >= 0.3 is 0 Å². The van der Waals surface area contributed by atoms with E-state index in [1.54, 1.807) is 7.11 Å². The molecule has 0 heterocycles. The van der Waals surface area contributed by atoms with Crippen LogP contribution in [0.2, 0.25) is 0 Å². The summed E-state index contributed by atoms with van der Waals surface area (Å²) in [5.41, 5.74) is 2.12. The highest BCUT2D eigenvalue weighted by Crippen LogP contribution is 2.33. The number of ether oxygens (including phenoxy) is 2. The summed E-state index contributed by atoms with van der Waals surface area (Å²) < 4.78 is 12.8. The number of benzene rings is 2. The standard InChI is InChI=1S/C16H17Br2NO2/c1-3-21-14-6-4-13(5-7-14)19-10-11-8-12(17)9-15(18)16(11)20-2/h4-9,19H,3,10H2,1-2H3. The van der Waals surface area contributed by atoms with Crippen molar-refractivity contribution < 1.29 is 9.47 Å². The number of rotatable bonds is 6. The first-order valence-electron chi connectivity index (χ1n) is 6.62. The Balaban J connectivity index is 2.09. The number of nitrogens with one attached hydrogen (secondary N) is 1. The largest absolute Gasteiger partial charge is 0.495 e. The van der Waals surface area contributed by atoms with Gasteiger partial charge in [0.25, 0.3) is 0 Å². The van der Waals surface area contributed by atoms with Gasteiger partial charge in [-0.15, -0.1) is 0 Å². The number of anilines is 1. The van der Waals surface area contributed by atoms with Gasteiger partial charge in [0, 0.05) is 22.3 Å². The maximum Gasteiger partial charge on any atom is 0.138 e. The quantitative estimate of drug-likeness (QED) is 0.701. The van der Waals surface area contributed by atoms with Crippen molar-refractivity contribution in [2.24, 2.45) is 0 Å². The first kappa shape index (κ1) is 16.2. The molecule has 112 valence electrons. The number of hydrogen-bond donors (Lipinski definition) is 1. The molecular weight excluding hydrogens is 398 g/mol. The Morgan fingerprint density at radius 1 is 1.10 bits per heavy atom. The Morgan fingerprint density at radius 2 is 1.81 bits per heavy atom. The van der Waals surface area contributed by atoms with Crippen LogP contribution in [0.4, 0.5) is 5.69 Å². The lowest BCUT2D eigenvalue weighted by Crippen LogP contribution is -2.02. The van der Waals surface area contributed by atoms with Crippen molar-refractivity contribution >= 4 is 37.5 Å². The van der Waals surface area contributed by atoms with E-state index in [-0.39, 0.29) is 0 Å². The Bertz CT molecular complexity index is 600. The summed E-state index contributed by atoms with van der Waals surface area (Å²) in [6, 6.07) is 11.9. The fourth-order valence-electron chi connectivity index (χ4n) is 2.01. The predicted octanol–water partition coefficient (Wildman–Crippen LogP) is 5.23. The van der Waals surface area contributed by atoms with E-state index in [4.69, 9.17) is 9.47 Å². The summed E-state index contributed by atoms with van der Waals surface area (Å²) in [6.45, 7) is 3.33. The molecule has 0 atom stereocenters. The summed E-state index contributed by atoms with van der Waals surface area (Å²) in [6.07, 6.45) is 0. The van der Waals surface area contributed by atoms with Gasteiger partial charge < -0.3 is 14.8 Å². The van der Waals surface area contributed by atoms with Gasteiger partial charge in [0.1, 0.15) is 11.5 Å². The van der Waals surface area contributed by atoms with Gasteiger partial charge in [-0.05, 0) is 59.3 Å². The van der Waals surface area contributed by atoms with Gasteiger partial charge in [-0.2, -0.15) is 0 Å². The maximum atomic E-state index is 5.44. The Morgan fingerprint density at radius 3 is 2.43 bits per heavy atom. The summed E-state index contributed by atoms with van der Waals surface area (Å²) in [5, 5.41) is 3.38. The second-order valence-electron chi connectivity index (χ2n) is 4.39. The average Bonchev–Trinajstić information content (AvgIpc) is 2.46. The van der Waals surface area contributed by atoms with E-state index in [1.807, 2.05) is 43.3 Å². The van der Waals surface area contributed by atoms with Gasteiger partial charge in [-0.3, -0.25) is 0 Å². The molecule has 0 aliphatic heterocycles. The van der Waals surface area contributed by atoms with Crippen molar-refractivity contribution in [3.05, 3.63) is 50.9 Å². The molecule has 0 radical (unpaired) electrons. The predicted molar refractivity (Wildman–Crippen MR) is 93.3 cm³/mol. The SMILES string of the molecule is CCOc1ccc(NCc2cc(Br)cc(Br)c2OC)cc1. The molecule has 0 aliphatic carbocycles. The van der Waals surface area contributed by atoms with E-state index in [9.17, 15) is 0 Å². The summed E-state index contributed by atoms with van der Waals surface area (Å²) in [4.78, 5) is 0. The molecule has 21 heavy (non-hydrogen) atoms. The molecule has 1 N–H and O–H groups in total. The van der Waals surface area contributed by atoms with Crippen molar-refractivity contribution in [2.75, 3.05) is 19.0 Å². The molecule has 0 saturated carbocycles. The second kappa shape index (κ2) is 7.71. The molecule has 0 aromatic heterocycles. The number of halogens is 2. The zero-order valence-corrected chi connectivity index (χ0v) is 15.1. The lowest BCUT2D eigenvalue weighted by Gasteiger charge is -2.13. The van der Waals surface area contributed by atoms with Gasteiger partial charge in [0.2, 0.25) is 0 Å². The van der Waals surface area contributed by atoms with Crippen LogP contribution in [0.15, 0.2) is 45.3 Å². The smallest absolute Gasteiger partial charge is 0.138 e. The molecule has 0 amide bonds. The average molecular weight is 415 g/mol. The highest BCUT2D eigenvalue weighted by molar-refractivity contribution is 9.11. The third-order valence-corrected chi connectivity index (χ3v) is 3.98. The zero-order chi connectivity index (χ0) is 15.2. The molecule has 2 aromatic carbocycles. The van der Waals surface area contributed by atoms with Crippen LogP contribution in [0.1, 0.15) is 12.5 Å². The molecule has 0 aliphatic rings. The molecule has 0 spiro atoms. The van der Waals surface area contributed by atoms with Crippen LogP contribution >= 0.6 is 31.9 Å². The minimum atomic E-state index is 0.676. The topological polar surface area (TPSA) is 30.5 Å². The van der Waals surface area contributed by atoms with Crippen LogP contribution in [0.3, 0.4) is 0 Å². The first-order chi connectivity index (χ1) is 10.1. The molecule has 0 fully saturated rings. The summed E-state index contributed by atoms with van der Waals surface area (Å²) in [5.74, 6) is 1.72. The van der Waals surface area contributed by atoms with E-state index in [1.165, 1.54) is 0 Å². The Labute approximate surface area is 141 Å². The van der Waals surface area contributed by atoms with Gasteiger partial charge in [0.05, 0.1) is 18.2 Å². The van der Waals surface area contributed by atoms with Crippen LogP contribution in [0.5, 0.6) is 11.5 Å². The highest BCUT2D eigenvalue weighted by atomic mass is 79.9. The summed E-state index contributed by atoms with van der Waals surface area (Å²) >= 11 is 7.01. The van der Waals surface area contributed by atoms with E-state index < -0.39 is 0 Å². The van der Waals surface area contributed by atoms with E-state index >= 15 is 0 Å². The first-order valence-corrected chi connectivity index (χ1v) is 8.21. The van der Waals surface area contributed by atoms with E-state index in [0.29, 0.717) is 13.2 Å². The van der Waals surface area contributed by atoms with Crippen LogP contribution in [0.25, 0.3) is 0 Å². The minimum absolute atomic E-state index is 0.676. The lowest BCUT2D eigenvalue weighted by molar-refractivity contribution is 0.340. The molecule has 3 nitrogen and oxygen atoms in total. The fourth-order valence-corrected chi connectivity index (χ4v) is 3.48. The second-order valence-corrected chi connectivity index (χ2v) is 6.16. The number of methoxy groups -OCH3 is 1. The van der Waals surface area contributed by atoms with Crippen molar-refractivity contribution in [3.63, 3.8) is 0 Å². The number of hydrogen-bond acceptors (Lipinski definition) is 3. The molecule has 0 unspecified atom stereocenters. The lowest BCUT2D eigenvalue weighted by atomic mass is 10.2. The van der Waals surface area contributed by atoms with Crippen molar-refractivity contribution in [1.82, 2.24) is 0 Å². The Kier molecular flexibility index (Phi) is 5.94. The molecule has 2 rings (SSSR count). The van der Waals surface area contributed by atoms with E-state index in [2.05, 4.69) is 37.2 Å². The summed E-state index contributed by atoms with van der Waals surface area (Å²) in [7, 11) is 1.67. The van der Waals surface area contributed by atoms with Crippen molar-refractivity contribution in [1.29, 1.82) is 0 Å².